The lowest BCUT2D eigenvalue weighted by molar-refractivity contribution is -0.141. The van der Waals surface area contributed by atoms with E-state index >= 15 is 0 Å². The standard InChI is InChI=1S/C16H19N3O2/c1-18-15(7-8-17-18)13-10-19(11-14(13)16(20)21)9-12-5-3-2-4-6-12/h2-8,13-14H,9-11H2,1H3,(H,20,21). The van der Waals surface area contributed by atoms with E-state index in [0.29, 0.717) is 6.54 Å². The lowest BCUT2D eigenvalue weighted by atomic mass is 9.93. The first-order chi connectivity index (χ1) is 10.1. The number of aryl methyl sites for hydroxylation is 1. The number of carboxylic acids is 1. The molecule has 0 aliphatic carbocycles. The van der Waals surface area contributed by atoms with Crippen LogP contribution in [0, 0.1) is 5.92 Å². The Bertz CT molecular complexity index is 623. The van der Waals surface area contributed by atoms with Crippen molar-refractivity contribution in [2.75, 3.05) is 13.1 Å². The van der Waals surface area contributed by atoms with Gasteiger partial charge in [-0.25, -0.2) is 0 Å². The van der Waals surface area contributed by atoms with E-state index in [1.165, 1.54) is 5.56 Å². The molecule has 110 valence electrons. The number of nitrogens with zero attached hydrogens (tertiary/aromatic N) is 3. The lowest BCUT2D eigenvalue weighted by Gasteiger charge is -2.16. The van der Waals surface area contributed by atoms with Gasteiger partial charge in [0.25, 0.3) is 0 Å². The van der Waals surface area contributed by atoms with Crippen LogP contribution >= 0.6 is 0 Å². The summed E-state index contributed by atoms with van der Waals surface area (Å²) in [5, 5.41) is 13.7. The summed E-state index contributed by atoms with van der Waals surface area (Å²) in [6, 6.07) is 12.1. The van der Waals surface area contributed by atoms with Crippen molar-refractivity contribution in [2.45, 2.75) is 12.5 Å². The molecule has 0 amide bonds. The molecule has 0 saturated carbocycles. The summed E-state index contributed by atoms with van der Waals surface area (Å²) in [5.74, 6) is -1.10. The third kappa shape index (κ3) is 2.83. The Labute approximate surface area is 123 Å². The molecule has 1 N–H and O–H groups in total. The van der Waals surface area contributed by atoms with Gasteiger partial charge >= 0.3 is 5.97 Å². The Morgan fingerprint density at radius 1 is 1.29 bits per heavy atom. The number of carboxylic acid groups (broad SMARTS) is 1. The van der Waals surface area contributed by atoms with Crippen molar-refractivity contribution in [1.29, 1.82) is 0 Å². The van der Waals surface area contributed by atoms with E-state index in [1.807, 2.05) is 31.3 Å². The summed E-state index contributed by atoms with van der Waals surface area (Å²) < 4.78 is 1.78. The first kappa shape index (κ1) is 13.8. The molecule has 0 bridgehead atoms. The molecule has 0 spiro atoms. The van der Waals surface area contributed by atoms with Crippen LogP contribution in [0.1, 0.15) is 17.2 Å². The fourth-order valence-corrected chi connectivity index (χ4v) is 3.15. The van der Waals surface area contributed by atoms with Crippen LogP contribution in [0.25, 0.3) is 0 Å². The average molecular weight is 285 g/mol. The molecule has 5 nitrogen and oxygen atoms in total. The van der Waals surface area contributed by atoms with Gasteiger partial charge in [0.1, 0.15) is 0 Å². The van der Waals surface area contributed by atoms with E-state index < -0.39 is 5.97 Å². The molecule has 2 aromatic rings. The molecule has 1 fully saturated rings. The van der Waals surface area contributed by atoms with Gasteiger partial charge in [-0.05, 0) is 11.6 Å². The van der Waals surface area contributed by atoms with Crippen molar-refractivity contribution >= 4 is 5.97 Å². The summed E-state index contributed by atoms with van der Waals surface area (Å²) in [7, 11) is 1.87. The zero-order chi connectivity index (χ0) is 14.8. The van der Waals surface area contributed by atoms with Gasteiger partial charge in [0.05, 0.1) is 5.92 Å². The van der Waals surface area contributed by atoms with Crippen LogP contribution in [-0.4, -0.2) is 38.8 Å². The molecule has 2 heterocycles. The average Bonchev–Trinajstić information content (AvgIpc) is 3.06. The number of hydrogen-bond acceptors (Lipinski definition) is 3. The van der Waals surface area contributed by atoms with Crippen molar-refractivity contribution in [1.82, 2.24) is 14.7 Å². The van der Waals surface area contributed by atoms with Gasteiger partial charge in [0.15, 0.2) is 0 Å². The Kier molecular flexibility index (Phi) is 3.75. The van der Waals surface area contributed by atoms with Gasteiger partial charge in [-0.15, -0.1) is 0 Å². The first-order valence-corrected chi connectivity index (χ1v) is 7.12. The molecule has 0 radical (unpaired) electrons. The van der Waals surface area contributed by atoms with Gasteiger partial charge in [0, 0.05) is 44.5 Å². The minimum atomic E-state index is -0.725. The molecule has 3 rings (SSSR count). The first-order valence-electron chi connectivity index (χ1n) is 7.12. The van der Waals surface area contributed by atoms with E-state index in [1.54, 1.807) is 10.9 Å². The molecule has 2 atom stereocenters. The fraction of sp³-hybridized carbons (Fsp3) is 0.375. The molecular formula is C16H19N3O2. The third-order valence-electron chi connectivity index (χ3n) is 4.20. The third-order valence-corrected chi connectivity index (χ3v) is 4.20. The Morgan fingerprint density at radius 3 is 2.67 bits per heavy atom. The van der Waals surface area contributed by atoms with Crippen molar-refractivity contribution < 1.29 is 9.90 Å². The maximum Gasteiger partial charge on any atom is 0.308 e. The second-order valence-electron chi connectivity index (χ2n) is 5.61. The zero-order valence-corrected chi connectivity index (χ0v) is 12.0. The summed E-state index contributed by atoms with van der Waals surface area (Å²) >= 11 is 0. The number of carbonyl (C=O) groups is 1. The summed E-state index contributed by atoms with van der Waals surface area (Å²) in [4.78, 5) is 13.8. The predicted octanol–water partition coefficient (Wildman–Crippen LogP) is 1.72. The quantitative estimate of drug-likeness (QED) is 0.929. The summed E-state index contributed by atoms with van der Waals surface area (Å²) in [6.45, 7) is 2.13. The van der Waals surface area contributed by atoms with Gasteiger partial charge in [-0.3, -0.25) is 14.4 Å². The molecule has 21 heavy (non-hydrogen) atoms. The number of aliphatic carboxylic acids is 1. The van der Waals surface area contributed by atoms with Crippen molar-refractivity contribution in [3.05, 3.63) is 53.9 Å². The molecule has 1 aromatic heterocycles. The monoisotopic (exact) mass is 285 g/mol. The molecule has 1 saturated heterocycles. The van der Waals surface area contributed by atoms with Gasteiger partial charge in [-0.1, -0.05) is 30.3 Å². The Balaban J connectivity index is 1.78. The highest BCUT2D eigenvalue weighted by atomic mass is 16.4. The van der Waals surface area contributed by atoms with E-state index in [9.17, 15) is 9.90 Å². The van der Waals surface area contributed by atoms with Crippen LogP contribution in [0.4, 0.5) is 0 Å². The van der Waals surface area contributed by atoms with Crippen LogP contribution in [0.15, 0.2) is 42.6 Å². The van der Waals surface area contributed by atoms with Crippen LogP contribution in [0.2, 0.25) is 0 Å². The maximum absolute atomic E-state index is 11.6. The minimum absolute atomic E-state index is 0.00119. The van der Waals surface area contributed by atoms with Crippen molar-refractivity contribution in [3.8, 4) is 0 Å². The molecule has 2 unspecified atom stereocenters. The fourth-order valence-electron chi connectivity index (χ4n) is 3.15. The Morgan fingerprint density at radius 2 is 2.05 bits per heavy atom. The highest BCUT2D eigenvalue weighted by Gasteiger charge is 2.39. The molecule has 1 aromatic carbocycles. The maximum atomic E-state index is 11.6. The molecule has 1 aliphatic heterocycles. The van der Waals surface area contributed by atoms with Crippen molar-refractivity contribution in [3.63, 3.8) is 0 Å². The largest absolute Gasteiger partial charge is 0.481 e. The molecular weight excluding hydrogens is 266 g/mol. The predicted molar refractivity (Wildman–Crippen MR) is 78.8 cm³/mol. The van der Waals surface area contributed by atoms with E-state index in [2.05, 4.69) is 22.1 Å². The second kappa shape index (κ2) is 5.69. The number of likely N-dealkylation sites (tertiary alicyclic amines) is 1. The number of aromatic nitrogens is 2. The lowest BCUT2D eigenvalue weighted by Crippen LogP contribution is -2.23. The topological polar surface area (TPSA) is 58.4 Å². The van der Waals surface area contributed by atoms with Crippen LogP contribution in [-0.2, 0) is 18.4 Å². The van der Waals surface area contributed by atoms with E-state index in [4.69, 9.17) is 0 Å². The highest BCUT2D eigenvalue weighted by molar-refractivity contribution is 5.72. The summed E-state index contributed by atoms with van der Waals surface area (Å²) in [5.41, 5.74) is 2.21. The molecule has 1 aliphatic rings. The summed E-state index contributed by atoms with van der Waals surface area (Å²) in [6.07, 6.45) is 1.73. The Hall–Kier alpha value is -2.14. The number of benzene rings is 1. The minimum Gasteiger partial charge on any atom is -0.481 e. The normalized spacial score (nSPS) is 22.5. The van der Waals surface area contributed by atoms with Crippen LogP contribution < -0.4 is 0 Å². The van der Waals surface area contributed by atoms with E-state index in [-0.39, 0.29) is 11.8 Å². The number of hydrogen-bond donors (Lipinski definition) is 1. The number of rotatable bonds is 4. The van der Waals surface area contributed by atoms with Crippen molar-refractivity contribution in [2.24, 2.45) is 13.0 Å². The highest BCUT2D eigenvalue weighted by Crippen LogP contribution is 2.33. The molecule has 5 heteroatoms. The van der Waals surface area contributed by atoms with Gasteiger partial charge in [0.2, 0.25) is 0 Å². The van der Waals surface area contributed by atoms with Gasteiger partial charge < -0.3 is 5.11 Å². The van der Waals surface area contributed by atoms with E-state index in [0.717, 1.165) is 18.8 Å². The van der Waals surface area contributed by atoms with Crippen LogP contribution in [0.3, 0.4) is 0 Å². The zero-order valence-electron chi connectivity index (χ0n) is 12.0. The SMILES string of the molecule is Cn1nccc1C1CN(Cc2ccccc2)CC1C(=O)O. The smallest absolute Gasteiger partial charge is 0.308 e. The van der Waals surface area contributed by atoms with Gasteiger partial charge in [-0.2, -0.15) is 5.10 Å². The second-order valence-corrected chi connectivity index (χ2v) is 5.61. The van der Waals surface area contributed by atoms with Crippen LogP contribution in [0.5, 0.6) is 0 Å².